The maximum absolute atomic E-state index is 12.1. The smallest absolute Gasteiger partial charge is 0.294 e. The summed E-state index contributed by atoms with van der Waals surface area (Å²) in [5, 5.41) is 1.35. The monoisotopic (exact) mass is 273 g/mol. The van der Waals surface area contributed by atoms with Crippen molar-refractivity contribution in [1.29, 1.82) is 0 Å². The quantitative estimate of drug-likeness (QED) is 0.840. The normalized spacial score (nSPS) is 12.6. The van der Waals surface area contributed by atoms with E-state index in [-0.39, 0.29) is 0 Å². The van der Waals surface area contributed by atoms with Crippen molar-refractivity contribution in [3.05, 3.63) is 18.5 Å². The van der Waals surface area contributed by atoms with Crippen LogP contribution in [0.2, 0.25) is 0 Å². The number of hydrogen-bond acceptors (Lipinski definition) is 3. The molecule has 1 aromatic heterocycles. The summed E-state index contributed by atoms with van der Waals surface area (Å²) in [5.41, 5.74) is 0. The topological polar surface area (TPSA) is 54.9 Å². The molecule has 0 aliphatic rings. The fraction of sp³-hybridized carbons (Fsp3) is 0.375. The molecule has 18 heavy (non-hydrogen) atoms. The second kappa shape index (κ2) is 4.78. The molecule has 4 nitrogen and oxygen atoms in total. The number of nitrogens with one attached hydrogen (secondary N) is 1. The van der Waals surface area contributed by atoms with Crippen LogP contribution in [0.25, 0.3) is 0 Å². The number of aromatic nitrogens is 2. The molecule has 0 atom stereocenters. The van der Waals surface area contributed by atoms with Crippen LogP contribution in [0.15, 0.2) is 18.5 Å². The Morgan fingerprint density at radius 1 is 1.06 bits per heavy atom. The molecule has 0 aromatic carbocycles. The number of nitrogens with zero attached hydrogens (tertiary/aromatic N) is 2. The molecule has 1 aromatic rings. The minimum atomic E-state index is -5.74. The molecule has 0 aliphatic carbocycles. The van der Waals surface area contributed by atoms with Gasteiger partial charge in [0.15, 0.2) is 0 Å². The minimum Gasteiger partial charge on any atom is -0.294 e. The number of carbonyl (C=O) groups is 1. The Kier molecular flexibility index (Phi) is 3.77. The lowest BCUT2D eigenvalue weighted by Gasteiger charge is -2.21. The summed E-state index contributed by atoms with van der Waals surface area (Å²) in [6.45, 7) is 0. The lowest BCUT2D eigenvalue weighted by molar-refractivity contribution is -0.272. The average Bonchev–Trinajstić information content (AvgIpc) is 2.13. The molecule has 1 amide bonds. The van der Waals surface area contributed by atoms with Gasteiger partial charge in [0, 0.05) is 12.4 Å². The fourth-order valence-corrected chi connectivity index (χ4v) is 1.03. The zero-order chi connectivity index (χ0) is 14.0. The van der Waals surface area contributed by atoms with Gasteiger partial charge in [-0.05, 0) is 6.07 Å². The molecular weight excluding hydrogens is 268 g/mol. The van der Waals surface area contributed by atoms with Gasteiger partial charge < -0.3 is 0 Å². The molecule has 1 heterocycles. The summed E-state index contributed by atoms with van der Waals surface area (Å²) < 4.78 is 72.9. The third-order valence-corrected chi connectivity index (χ3v) is 1.72. The number of anilines is 1. The summed E-state index contributed by atoms with van der Waals surface area (Å²) in [7, 11) is 0. The van der Waals surface area contributed by atoms with Gasteiger partial charge in [-0.25, -0.2) is 9.97 Å². The average molecular weight is 273 g/mol. The first-order valence-electron chi connectivity index (χ1n) is 4.33. The van der Waals surface area contributed by atoms with Crippen molar-refractivity contribution in [2.24, 2.45) is 5.92 Å². The van der Waals surface area contributed by atoms with E-state index in [0.29, 0.717) is 0 Å². The molecule has 0 fully saturated rings. The SMILES string of the molecule is O=C(Nc1ncccn1)C(C(F)(F)F)C(F)(F)F. The van der Waals surface area contributed by atoms with Crippen molar-refractivity contribution in [2.75, 3.05) is 5.32 Å². The van der Waals surface area contributed by atoms with E-state index in [2.05, 4.69) is 9.97 Å². The van der Waals surface area contributed by atoms with E-state index >= 15 is 0 Å². The Balaban J connectivity index is 2.92. The number of halogens is 6. The fourth-order valence-electron chi connectivity index (χ4n) is 1.03. The minimum absolute atomic E-state index is 0.638. The Hall–Kier alpha value is -1.87. The van der Waals surface area contributed by atoms with E-state index in [0.717, 1.165) is 12.4 Å². The zero-order valence-corrected chi connectivity index (χ0v) is 8.38. The predicted molar refractivity (Wildman–Crippen MR) is 46.3 cm³/mol. The van der Waals surface area contributed by atoms with Crippen LogP contribution in [0.5, 0.6) is 0 Å². The number of amides is 1. The molecule has 0 bridgehead atoms. The first kappa shape index (κ1) is 14.2. The van der Waals surface area contributed by atoms with Gasteiger partial charge in [0.1, 0.15) is 0 Å². The van der Waals surface area contributed by atoms with E-state index in [1.165, 1.54) is 11.4 Å². The van der Waals surface area contributed by atoms with Crippen LogP contribution >= 0.6 is 0 Å². The predicted octanol–water partition coefficient (Wildman–Crippen LogP) is 2.16. The van der Waals surface area contributed by atoms with Gasteiger partial charge in [-0.2, -0.15) is 26.3 Å². The van der Waals surface area contributed by atoms with Crippen LogP contribution in [0.3, 0.4) is 0 Å². The Labute approximate surface area is 96.0 Å². The highest BCUT2D eigenvalue weighted by Gasteiger charge is 2.61. The summed E-state index contributed by atoms with van der Waals surface area (Å²) >= 11 is 0. The van der Waals surface area contributed by atoms with Crippen molar-refractivity contribution in [3.8, 4) is 0 Å². The van der Waals surface area contributed by atoms with Gasteiger partial charge in [0.2, 0.25) is 17.8 Å². The number of alkyl halides is 6. The number of hydrogen-bond donors (Lipinski definition) is 1. The van der Waals surface area contributed by atoms with Gasteiger partial charge in [-0.15, -0.1) is 0 Å². The first-order chi connectivity index (χ1) is 8.12. The molecule has 1 N–H and O–H groups in total. The largest absolute Gasteiger partial charge is 0.409 e. The van der Waals surface area contributed by atoms with Crippen molar-refractivity contribution in [1.82, 2.24) is 9.97 Å². The van der Waals surface area contributed by atoms with E-state index in [4.69, 9.17) is 0 Å². The highest BCUT2D eigenvalue weighted by atomic mass is 19.4. The van der Waals surface area contributed by atoms with Crippen LogP contribution in [0.1, 0.15) is 0 Å². The highest BCUT2D eigenvalue weighted by Crippen LogP contribution is 2.39. The Bertz CT molecular complexity index is 401. The van der Waals surface area contributed by atoms with Crippen molar-refractivity contribution >= 4 is 11.9 Å². The van der Waals surface area contributed by atoms with Crippen LogP contribution < -0.4 is 5.32 Å². The molecule has 0 saturated carbocycles. The van der Waals surface area contributed by atoms with E-state index < -0.39 is 30.1 Å². The van der Waals surface area contributed by atoms with Crippen LogP contribution in [0, 0.1) is 5.92 Å². The third-order valence-electron chi connectivity index (χ3n) is 1.72. The van der Waals surface area contributed by atoms with Crippen LogP contribution in [-0.2, 0) is 4.79 Å². The Morgan fingerprint density at radius 3 is 1.89 bits per heavy atom. The van der Waals surface area contributed by atoms with Gasteiger partial charge in [-0.1, -0.05) is 0 Å². The standard InChI is InChI=1S/C8H5F6N3O/c9-7(10,11)4(8(12,13)14)5(18)17-6-15-2-1-3-16-6/h1-4H,(H,15,16,17,18). The maximum atomic E-state index is 12.1. The summed E-state index contributed by atoms with van der Waals surface area (Å²) in [6, 6.07) is 1.28. The van der Waals surface area contributed by atoms with Crippen molar-refractivity contribution in [2.45, 2.75) is 12.4 Å². The lowest BCUT2D eigenvalue weighted by atomic mass is 10.1. The van der Waals surface area contributed by atoms with Gasteiger partial charge in [0.05, 0.1) is 0 Å². The van der Waals surface area contributed by atoms with Gasteiger partial charge in [0.25, 0.3) is 0 Å². The molecule has 100 valence electrons. The lowest BCUT2D eigenvalue weighted by Crippen LogP contribution is -2.45. The van der Waals surface area contributed by atoms with Crippen LogP contribution in [-0.4, -0.2) is 28.2 Å². The molecule has 10 heteroatoms. The van der Waals surface area contributed by atoms with Gasteiger partial charge >= 0.3 is 12.4 Å². The second-order valence-corrected chi connectivity index (χ2v) is 3.08. The van der Waals surface area contributed by atoms with E-state index in [1.807, 2.05) is 0 Å². The van der Waals surface area contributed by atoms with Crippen molar-refractivity contribution < 1.29 is 31.1 Å². The Morgan fingerprint density at radius 2 is 1.50 bits per heavy atom. The number of rotatable bonds is 2. The molecule has 1 rings (SSSR count). The van der Waals surface area contributed by atoms with Gasteiger partial charge in [-0.3, -0.25) is 10.1 Å². The summed E-state index contributed by atoms with van der Waals surface area (Å²) in [4.78, 5) is 17.5. The zero-order valence-electron chi connectivity index (χ0n) is 8.38. The van der Waals surface area contributed by atoms with Crippen LogP contribution in [0.4, 0.5) is 32.3 Å². The second-order valence-electron chi connectivity index (χ2n) is 3.08. The molecular formula is C8H5F6N3O. The van der Waals surface area contributed by atoms with E-state index in [9.17, 15) is 31.1 Å². The number of carbonyl (C=O) groups excluding carboxylic acids is 1. The molecule has 0 aliphatic heterocycles. The summed E-state index contributed by atoms with van der Waals surface area (Å²) in [5.74, 6) is -7.03. The molecule has 0 radical (unpaired) electrons. The van der Waals surface area contributed by atoms with E-state index in [1.54, 1.807) is 0 Å². The molecule has 0 spiro atoms. The summed E-state index contributed by atoms with van der Waals surface area (Å²) in [6.07, 6.45) is -9.37. The molecule has 0 saturated heterocycles. The first-order valence-corrected chi connectivity index (χ1v) is 4.33. The maximum Gasteiger partial charge on any atom is 0.409 e. The molecule has 0 unspecified atom stereocenters. The third kappa shape index (κ3) is 3.57. The highest BCUT2D eigenvalue weighted by molar-refractivity contribution is 5.92. The van der Waals surface area contributed by atoms with Crippen molar-refractivity contribution in [3.63, 3.8) is 0 Å².